The lowest BCUT2D eigenvalue weighted by Gasteiger charge is -2.17. The van der Waals surface area contributed by atoms with E-state index in [0.717, 1.165) is 16.7 Å². The molecule has 0 aliphatic rings. The number of benzene rings is 2. The number of aromatic nitrogens is 5. The molecule has 4 aromatic rings. The SMILES string of the molecule is O=C(Cn1nc(-c2ccc(Cl)cc2)n(CCC(F)(F)F)c1=O)NC(c1cccc(C(F)(F)F)c1)c1noc(=O)[nH]1. The molecule has 0 saturated carbocycles. The molecule has 4 rings (SSSR count). The van der Waals surface area contributed by atoms with Crippen LogP contribution in [-0.4, -0.2) is 36.6 Å². The first-order chi connectivity index (χ1) is 18.7. The van der Waals surface area contributed by atoms with Gasteiger partial charge in [-0.2, -0.15) is 26.3 Å². The zero-order chi connectivity index (χ0) is 29.2. The number of hydrogen-bond acceptors (Lipinski definition) is 6. The molecule has 1 atom stereocenters. The van der Waals surface area contributed by atoms with E-state index in [0.29, 0.717) is 15.8 Å². The summed E-state index contributed by atoms with van der Waals surface area (Å²) in [5.41, 5.74) is -2.00. The number of nitrogens with zero attached hydrogens (tertiary/aromatic N) is 4. The Labute approximate surface area is 224 Å². The van der Waals surface area contributed by atoms with Crippen LogP contribution >= 0.6 is 11.6 Å². The van der Waals surface area contributed by atoms with Crippen molar-refractivity contribution >= 4 is 17.5 Å². The lowest BCUT2D eigenvalue weighted by molar-refractivity contribution is -0.138. The Morgan fingerprint density at radius 3 is 2.38 bits per heavy atom. The maximum atomic E-state index is 13.3. The number of hydrogen-bond donors (Lipinski definition) is 2. The van der Waals surface area contributed by atoms with Crippen molar-refractivity contribution in [2.75, 3.05) is 0 Å². The van der Waals surface area contributed by atoms with E-state index in [1.54, 1.807) is 0 Å². The van der Waals surface area contributed by atoms with Gasteiger partial charge in [-0.25, -0.2) is 14.3 Å². The second kappa shape index (κ2) is 11.0. The van der Waals surface area contributed by atoms with Gasteiger partial charge in [0, 0.05) is 17.1 Å². The van der Waals surface area contributed by atoms with Gasteiger partial charge in [0.25, 0.3) is 0 Å². The van der Waals surface area contributed by atoms with E-state index in [-0.39, 0.29) is 22.8 Å². The van der Waals surface area contributed by atoms with Crippen molar-refractivity contribution in [2.24, 2.45) is 0 Å². The van der Waals surface area contributed by atoms with Gasteiger partial charge in [-0.1, -0.05) is 28.9 Å². The Hall–Kier alpha value is -4.34. The molecule has 1 amide bonds. The molecule has 0 saturated heterocycles. The first-order valence-electron chi connectivity index (χ1n) is 11.2. The van der Waals surface area contributed by atoms with E-state index in [2.05, 4.69) is 25.1 Å². The van der Waals surface area contributed by atoms with Crippen LogP contribution in [0.2, 0.25) is 5.02 Å². The lowest BCUT2D eigenvalue weighted by atomic mass is 10.0. The highest BCUT2D eigenvalue weighted by atomic mass is 35.5. The van der Waals surface area contributed by atoms with Gasteiger partial charge < -0.3 is 5.32 Å². The average Bonchev–Trinajstić information content (AvgIpc) is 3.43. The van der Waals surface area contributed by atoms with Gasteiger partial charge in [0.05, 0.1) is 12.0 Å². The molecule has 2 aromatic heterocycles. The number of carbonyl (C=O) groups is 1. The summed E-state index contributed by atoms with van der Waals surface area (Å²) in [4.78, 5) is 39.5. The Bertz CT molecular complexity index is 1620. The van der Waals surface area contributed by atoms with Crippen LogP contribution in [0.25, 0.3) is 11.4 Å². The maximum absolute atomic E-state index is 13.3. The molecule has 0 radical (unpaired) electrons. The van der Waals surface area contributed by atoms with Crippen LogP contribution in [0.3, 0.4) is 0 Å². The molecule has 2 heterocycles. The van der Waals surface area contributed by atoms with Gasteiger partial charge in [-0.3, -0.25) is 18.9 Å². The highest BCUT2D eigenvalue weighted by Crippen LogP contribution is 2.31. The van der Waals surface area contributed by atoms with Gasteiger partial charge in [0.2, 0.25) is 5.91 Å². The fraction of sp³-hybridized carbons (Fsp3) is 0.261. The minimum atomic E-state index is -4.73. The van der Waals surface area contributed by atoms with Crippen LogP contribution in [0.4, 0.5) is 26.3 Å². The van der Waals surface area contributed by atoms with Crippen molar-refractivity contribution < 1.29 is 35.7 Å². The van der Waals surface area contributed by atoms with Crippen LogP contribution in [0, 0.1) is 0 Å². The van der Waals surface area contributed by atoms with Crippen LogP contribution in [0.15, 0.2) is 62.6 Å². The standard InChI is InChI=1S/C23H17ClF6N6O4/c24-15-6-4-12(5-7-15)19-33-36(21(39)35(19)9-8-22(25,26)27)11-16(37)31-17(18-32-20(38)40-34-18)13-2-1-3-14(10-13)23(28,29)30/h1-7,10,17H,8-9,11H2,(H,31,37)(H,32,34,38). The number of H-pyrrole nitrogens is 1. The normalized spacial score (nSPS) is 12.9. The monoisotopic (exact) mass is 590 g/mol. The molecule has 212 valence electrons. The summed E-state index contributed by atoms with van der Waals surface area (Å²) in [5.74, 6) is -2.55. The zero-order valence-electron chi connectivity index (χ0n) is 19.9. The maximum Gasteiger partial charge on any atom is 0.438 e. The van der Waals surface area contributed by atoms with Gasteiger partial charge in [0.15, 0.2) is 11.6 Å². The second-order valence-electron chi connectivity index (χ2n) is 8.39. The largest absolute Gasteiger partial charge is 0.438 e. The Kier molecular flexibility index (Phi) is 7.91. The molecule has 0 fully saturated rings. The first kappa shape index (κ1) is 28.7. The van der Waals surface area contributed by atoms with Crippen molar-refractivity contribution in [1.29, 1.82) is 0 Å². The average molecular weight is 591 g/mol. The molecule has 0 bridgehead atoms. The molecule has 0 aliphatic heterocycles. The quantitative estimate of drug-likeness (QED) is 0.300. The van der Waals surface area contributed by atoms with E-state index in [4.69, 9.17) is 11.6 Å². The molecule has 0 aliphatic carbocycles. The number of halogens is 7. The first-order valence-corrected chi connectivity index (χ1v) is 11.6. The third kappa shape index (κ3) is 6.80. The Morgan fingerprint density at radius 2 is 1.77 bits per heavy atom. The number of nitrogens with one attached hydrogen (secondary N) is 2. The van der Waals surface area contributed by atoms with Crippen molar-refractivity contribution in [3.63, 3.8) is 0 Å². The summed E-state index contributed by atoms with van der Waals surface area (Å²) in [6.45, 7) is -1.63. The summed E-state index contributed by atoms with van der Waals surface area (Å²) in [7, 11) is 0. The number of aromatic amines is 1. The van der Waals surface area contributed by atoms with Crippen molar-refractivity contribution in [2.45, 2.75) is 37.9 Å². The summed E-state index contributed by atoms with van der Waals surface area (Å²) in [5, 5.41) is 10.1. The van der Waals surface area contributed by atoms with Crippen LogP contribution in [-0.2, 0) is 24.1 Å². The summed E-state index contributed by atoms with van der Waals surface area (Å²) < 4.78 is 84.3. The van der Waals surface area contributed by atoms with Crippen LogP contribution in [0.5, 0.6) is 0 Å². The third-order valence-electron chi connectivity index (χ3n) is 5.52. The molecule has 2 aromatic carbocycles. The summed E-state index contributed by atoms with van der Waals surface area (Å²) in [6.07, 6.45) is -10.7. The van der Waals surface area contributed by atoms with E-state index in [1.165, 1.54) is 30.3 Å². The van der Waals surface area contributed by atoms with Crippen molar-refractivity contribution in [3.8, 4) is 11.4 Å². The molecule has 17 heteroatoms. The zero-order valence-corrected chi connectivity index (χ0v) is 20.6. The van der Waals surface area contributed by atoms with Gasteiger partial charge in [0.1, 0.15) is 12.6 Å². The molecule has 10 nitrogen and oxygen atoms in total. The Balaban J connectivity index is 1.66. The van der Waals surface area contributed by atoms with Crippen molar-refractivity contribution in [1.82, 2.24) is 29.8 Å². The molecule has 40 heavy (non-hydrogen) atoms. The van der Waals surface area contributed by atoms with Gasteiger partial charge in [-0.15, -0.1) is 5.10 Å². The van der Waals surface area contributed by atoms with E-state index < -0.39 is 60.8 Å². The summed E-state index contributed by atoms with van der Waals surface area (Å²) >= 11 is 5.86. The van der Waals surface area contributed by atoms with Crippen LogP contribution in [0.1, 0.15) is 29.4 Å². The topological polar surface area (TPSA) is 128 Å². The predicted molar refractivity (Wildman–Crippen MR) is 126 cm³/mol. The number of alkyl halides is 6. The minimum absolute atomic E-state index is 0.141. The molecule has 1 unspecified atom stereocenters. The third-order valence-corrected chi connectivity index (χ3v) is 5.77. The number of carbonyl (C=O) groups excluding carboxylic acids is 1. The highest BCUT2D eigenvalue weighted by molar-refractivity contribution is 6.30. The van der Waals surface area contributed by atoms with E-state index in [1.807, 2.05) is 0 Å². The fourth-order valence-electron chi connectivity index (χ4n) is 3.71. The van der Waals surface area contributed by atoms with Crippen LogP contribution < -0.4 is 16.8 Å². The molecule has 2 N–H and O–H groups in total. The molecular formula is C23H17ClF6N6O4. The highest BCUT2D eigenvalue weighted by Gasteiger charge is 2.32. The van der Waals surface area contributed by atoms with E-state index >= 15 is 0 Å². The smallest absolute Gasteiger partial charge is 0.340 e. The number of amides is 1. The molecule has 0 spiro atoms. The second-order valence-corrected chi connectivity index (χ2v) is 8.83. The lowest BCUT2D eigenvalue weighted by Crippen LogP contribution is -2.37. The summed E-state index contributed by atoms with van der Waals surface area (Å²) in [6, 6.07) is 8.05. The van der Waals surface area contributed by atoms with Crippen molar-refractivity contribution in [3.05, 3.63) is 91.5 Å². The van der Waals surface area contributed by atoms with Gasteiger partial charge >= 0.3 is 23.8 Å². The van der Waals surface area contributed by atoms with E-state index in [9.17, 15) is 40.7 Å². The fourth-order valence-corrected chi connectivity index (χ4v) is 3.84. The molecular weight excluding hydrogens is 574 g/mol. The Morgan fingerprint density at radius 1 is 1.07 bits per heavy atom. The number of rotatable bonds is 8. The minimum Gasteiger partial charge on any atom is -0.340 e. The predicted octanol–water partition coefficient (Wildman–Crippen LogP) is 3.92. The van der Waals surface area contributed by atoms with Gasteiger partial charge in [-0.05, 0) is 42.0 Å².